The van der Waals surface area contributed by atoms with Gasteiger partial charge in [0.15, 0.2) is 0 Å². The van der Waals surface area contributed by atoms with Crippen LogP contribution in [0.1, 0.15) is 39.0 Å². The second-order valence-electron chi connectivity index (χ2n) is 6.82. The lowest BCUT2D eigenvalue weighted by Crippen LogP contribution is -2.63. The summed E-state index contributed by atoms with van der Waals surface area (Å²) in [7, 11) is 1.70. The van der Waals surface area contributed by atoms with E-state index >= 15 is 0 Å². The van der Waals surface area contributed by atoms with Gasteiger partial charge < -0.3 is 11.1 Å². The largest absolute Gasteiger partial charge is 0.358 e. The minimum Gasteiger partial charge on any atom is -0.358 e. The molecular formula is C14H24N2O. The van der Waals surface area contributed by atoms with Crippen molar-refractivity contribution in [2.45, 2.75) is 44.6 Å². The van der Waals surface area contributed by atoms with Crippen molar-refractivity contribution in [3.05, 3.63) is 0 Å². The molecule has 0 heterocycles. The standard InChI is InChI=1S/C14H24N2O/c1-14(15,13(17)16-2)12-10-4-8-3-9(6-10)7-11(12)5-8/h8-12H,3-7,15H2,1-2H3,(H,16,17). The fourth-order valence-electron chi connectivity index (χ4n) is 5.33. The first-order chi connectivity index (χ1) is 8.02. The minimum absolute atomic E-state index is 0.0231. The van der Waals surface area contributed by atoms with Gasteiger partial charge in [-0.25, -0.2) is 0 Å². The molecule has 17 heavy (non-hydrogen) atoms. The maximum atomic E-state index is 12.0. The molecule has 3 nitrogen and oxygen atoms in total. The van der Waals surface area contributed by atoms with Gasteiger partial charge in [-0.1, -0.05) is 0 Å². The Bertz CT molecular complexity index is 309. The topological polar surface area (TPSA) is 55.1 Å². The molecule has 4 aliphatic rings. The van der Waals surface area contributed by atoms with Crippen LogP contribution < -0.4 is 11.1 Å². The molecular weight excluding hydrogens is 212 g/mol. The van der Waals surface area contributed by atoms with Gasteiger partial charge in [0, 0.05) is 7.05 Å². The van der Waals surface area contributed by atoms with Crippen LogP contribution in [0.15, 0.2) is 0 Å². The lowest BCUT2D eigenvalue weighted by atomic mass is 9.48. The van der Waals surface area contributed by atoms with Crippen LogP contribution in [-0.4, -0.2) is 18.5 Å². The molecule has 4 saturated carbocycles. The molecule has 4 rings (SSSR count). The molecule has 1 atom stereocenters. The summed E-state index contributed by atoms with van der Waals surface area (Å²) in [5.74, 6) is 3.73. The Kier molecular flexibility index (Phi) is 2.51. The van der Waals surface area contributed by atoms with Gasteiger partial charge >= 0.3 is 0 Å². The first kappa shape index (κ1) is 11.5. The van der Waals surface area contributed by atoms with Crippen LogP contribution in [-0.2, 0) is 4.79 Å². The van der Waals surface area contributed by atoms with E-state index in [1.807, 2.05) is 6.92 Å². The lowest BCUT2D eigenvalue weighted by molar-refractivity contribution is -0.135. The van der Waals surface area contributed by atoms with Gasteiger partial charge in [-0.2, -0.15) is 0 Å². The number of nitrogens with one attached hydrogen (secondary N) is 1. The molecule has 0 aliphatic heterocycles. The number of likely N-dealkylation sites (N-methyl/N-ethyl adjacent to an activating group) is 1. The van der Waals surface area contributed by atoms with Crippen molar-refractivity contribution < 1.29 is 4.79 Å². The number of hydrogen-bond donors (Lipinski definition) is 2. The highest BCUT2D eigenvalue weighted by atomic mass is 16.2. The number of amides is 1. The summed E-state index contributed by atoms with van der Waals surface area (Å²) < 4.78 is 0. The number of carbonyl (C=O) groups excluding carboxylic acids is 1. The van der Waals surface area contributed by atoms with Gasteiger partial charge in [0.2, 0.25) is 5.91 Å². The predicted molar refractivity (Wildman–Crippen MR) is 67.2 cm³/mol. The number of hydrogen-bond acceptors (Lipinski definition) is 2. The Balaban J connectivity index is 1.86. The maximum absolute atomic E-state index is 12.0. The Morgan fingerprint density at radius 2 is 1.59 bits per heavy atom. The zero-order chi connectivity index (χ0) is 12.2. The predicted octanol–water partition coefficient (Wildman–Crippen LogP) is 1.52. The molecule has 0 saturated heterocycles. The van der Waals surface area contributed by atoms with Crippen LogP contribution in [0.3, 0.4) is 0 Å². The highest BCUT2D eigenvalue weighted by Crippen LogP contribution is 2.58. The van der Waals surface area contributed by atoms with Gasteiger partial charge in [0.25, 0.3) is 0 Å². The van der Waals surface area contributed by atoms with Gasteiger partial charge in [0.05, 0.1) is 5.54 Å². The first-order valence-electron chi connectivity index (χ1n) is 7.03. The van der Waals surface area contributed by atoms with E-state index in [4.69, 9.17) is 5.73 Å². The highest BCUT2D eigenvalue weighted by Gasteiger charge is 2.55. The lowest BCUT2D eigenvalue weighted by Gasteiger charge is -2.57. The molecule has 1 unspecified atom stereocenters. The van der Waals surface area contributed by atoms with Crippen LogP contribution in [0.25, 0.3) is 0 Å². The molecule has 0 aromatic carbocycles. The average Bonchev–Trinajstić information content (AvgIpc) is 2.25. The molecule has 1 amide bonds. The van der Waals surface area contributed by atoms with Crippen molar-refractivity contribution in [2.24, 2.45) is 35.3 Å². The van der Waals surface area contributed by atoms with Gasteiger partial charge in [-0.15, -0.1) is 0 Å². The molecule has 0 spiro atoms. The van der Waals surface area contributed by atoms with Crippen molar-refractivity contribution in [3.8, 4) is 0 Å². The molecule has 4 aliphatic carbocycles. The van der Waals surface area contributed by atoms with Crippen molar-refractivity contribution >= 4 is 5.91 Å². The average molecular weight is 236 g/mol. The Morgan fingerprint density at radius 1 is 1.12 bits per heavy atom. The Labute approximate surface area is 104 Å². The zero-order valence-corrected chi connectivity index (χ0v) is 10.9. The second-order valence-corrected chi connectivity index (χ2v) is 6.82. The molecule has 4 fully saturated rings. The zero-order valence-electron chi connectivity index (χ0n) is 10.9. The number of rotatable bonds is 2. The fourth-order valence-corrected chi connectivity index (χ4v) is 5.33. The van der Waals surface area contributed by atoms with Crippen LogP contribution in [0.4, 0.5) is 0 Å². The monoisotopic (exact) mass is 236 g/mol. The number of nitrogens with two attached hydrogens (primary N) is 1. The summed E-state index contributed by atoms with van der Waals surface area (Å²) >= 11 is 0. The third kappa shape index (κ3) is 1.62. The van der Waals surface area contributed by atoms with Crippen molar-refractivity contribution in [1.29, 1.82) is 0 Å². The van der Waals surface area contributed by atoms with Crippen LogP contribution in [0, 0.1) is 29.6 Å². The van der Waals surface area contributed by atoms with Crippen molar-refractivity contribution in [2.75, 3.05) is 7.05 Å². The van der Waals surface area contributed by atoms with Gasteiger partial charge in [-0.05, 0) is 68.6 Å². The van der Waals surface area contributed by atoms with Crippen LogP contribution in [0.2, 0.25) is 0 Å². The molecule has 96 valence electrons. The Hall–Kier alpha value is -0.570. The maximum Gasteiger partial charge on any atom is 0.239 e. The normalized spacial score (nSPS) is 46.6. The van der Waals surface area contributed by atoms with Gasteiger partial charge in [-0.3, -0.25) is 4.79 Å². The quantitative estimate of drug-likeness (QED) is 0.764. The molecule has 3 heteroatoms. The van der Waals surface area contributed by atoms with E-state index in [0.717, 1.165) is 11.8 Å². The summed E-state index contributed by atoms with van der Waals surface area (Å²) in [5, 5.41) is 2.75. The molecule has 0 radical (unpaired) electrons. The van der Waals surface area contributed by atoms with Gasteiger partial charge in [0.1, 0.15) is 0 Å². The Morgan fingerprint density at radius 3 is 2.00 bits per heavy atom. The smallest absolute Gasteiger partial charge is 0.239 e. The van der Waals surface area contributed by atoms with Crippen molar-refractivity contribution in [1.82, 2.24) is 5.32 Å². The third-order valence-corrected chi connectivity index (χ3v) is 5.64. The highest BCUT2D eigenvalue weighted by molar-refractivity contribution is 5.85. The van der Waals surface area contributed by atoms with Crippen LogP contribution >= 0.6 is 0 Å². The second kappa shape index (κ2) is 3.71. The first-order valence-corrected chi connectivity index (χ1v) is 7.03. The molecule has 0 aromatic heterocycles. The summed E-state index contributed by atoms with van der Waals surface area (Å²) in [6.45, 7) is 1.94. The fraction of sp³-hybridized carbons (Fsp3) is 0.929. The van der Waals surface area contributed by atoms with E-state index in [2.05, 4.69) is 5.32 Å². The van der Waals surface area contributed by atoms with E-state index in [-0.39, 0.29) is 5.91 Å². The van der Waals surface area contributed by atoms with Crippen LogP contribution in [0.5, 0.6) is 0 Å². The van der Waals surface area contributed by atoms with E-state index in [1.54, 1.807) is 7.05 Å². The van der Waals surface area contributed by atoms with E-state index in [1.165, 1.54) is 32.1 Å². The van der Waals surface area contributed by atoms with E-state index in [9.17, 15) is 4.79 Å². The van der Waals surface area contributed by atoms with E-state index in [0.29, 0.717) is 17.8 Å². The van der Waals surface area contributed by atoms with Crippen molar-refractivity contribution in [3.63, 3.8) is 0 Å². The summed E-state index contributed by atoms with van der Waals surface area (Å²) in [6.07, 6.45) is 6.73. The molecule has 4 bridgehead atoms. The molecule has 0 aromatic rings. The SMILES string of the molecule is CNC(=O)C(C)(N)C1C2CC3CC(C2)CC1C3. The third-order valence-electron chi connectivity index (χ3n) is 5.64. The summed E-state index contributed by atoms with van der Waals surface area (Å²) in [5.41, 5.74) is 5.71. The number of carbonyl (C=O) groups is 1. The summed E-state index contributed by atoms with van der Waals surface area (Å²) in [4.78, 5) is 12.0. The minimum atomic E-state index is -0.669. The van der Waals surface area contributed by atoms with E-state index < -0.39 is 5.54 Å². The summed E-state index contributed by atoms with van der Waals surface area (Å²) in [6, 6.07) is 0. The molecule has 3 N–H and O–H groups in total.